The summed E-state index contributed by atoms with van der Waals surface area (Å²) in [5.41, 5.74) is 10.6. The molecule has 6 rings (SSSR count). The number of rotatable bonds is 8. The minimum atomic E-state index is 0.624. The van der Waals surface area contributed by atoms with Gasteiger partial charge in [0.1, 0.15) is 0 Å². The highest BCUT2D eigenvalue weighted by Gasteiger charge is 2.19. The largest absolute Gasteiger partial charge is 0.380 e. The Morgan fingerprint density at radius 1 is 0.464 bits per heavy atom. The quantitative estimate of drug-likeness (QED) is 0.685. The van der Waals surface area contributed by atoms with Crippen LogP contribution in [0.2, 0.25) is 0 Å². The van der Waals surface area contributed by atoms with Crippen LogP contribution in [0.3, 0.4) is 0 Å². The molecule has 152 valence electrons. The van der Waals surface area contributed by atoms with Crippen LogP contribution >= 0.6 is 0 Å². The SMILES string of the molecule is COCc1c2ccc(c1COC)CCc1ccc(c(COC)c1COC)CC2. The summed E-state index contributed by atoms with van der Waals surface area (Å²) in [7, 11) is 7.06. The lowest BCUT2D eigenvalue weighted by Crippen LogP contribution is -2.13. The number of aryl methyl sites for hydroxylation is 4. The molecule has 0 unspecified atom stereocenters. The number of hydrogen-bond donors (Lipinski definition) is 0. The lowest BCUT2D eigenvalue weighted by atomic mass is 9.85. The van der Waals surface area contributed by atoms with Crippen LogP contribution in [0.25, 0.3) is 0 Å². The van der Waals surface area contributed by atoms with Gasteiger partial charge < -0.3 is 18.9 Å². The molecule has 0 radical (unpaired) electrons. The minimum Gasteiger partial charge on any atom is -0.380 e. The highest BCUT2D eigenvalue weighted by Crippen LogP contribution is 2.29. The van der Waals surface area contributed by atoms with Gasteiger partial charge in [0, 0.05) is 28.4 Å². The second kappa shape index (κ2) is 10.2. The average Bonchev–Trinajstić information content (AvgIpc) is 2.68. The standard InChI is InChI=1S/C24H32O4/c1-25-13-21-17-5-6-18(22(21)14-26-2)11-12-20-8-7-19(10-9-17)23(15-27-3)24(20)16-28-4/h5-8H,9-16H2,1-4H3. The summed E-state index contributed by atoms with van der Waals surface area (Å²) in [6.45, 7) is 2.50. The highest BCUT2D eigenvalue weighted by atomic mass is 16.5. The molecule has 4 nitrogen and oxygen atoms in total. The van der Waals surface area contributed by atoms with Crippen molar-refractivity contribution in [2.45, 2.75) is 52.1 Å². The van der Waals surface area contributed by atoms with Gasteiger partial charge in [-0.3, -0.25) is 0 Å². The molecule has 0 amide bonds. The first-order valence-corrected chi connectivity index (χ1v) is 9.94. The van der Waals surface area contributed by atoms with Crippen molar-refractivity contribution in [3.05, 3.63) is 68.8 Å². The Hall–Kier alpha value is -1.72. The zero-order valence-corrected chi connectivity index (χ0v) is 17.6. The molecule has 0 atom stereocenters. The molecular formula is C24H32O4. The van der Waals surface area contributed by atoms with Crippen LogP contribution in [0.15, 0.2) is 24.3 Å². The van der Waals surface area contributed by atoms with Gasteiger partial charge in [-0.15, -0.1) is 0 Å². The van der Waals surface area contributed by atoms with E-state index in [4.69, 9.17) is 18.9 Å². The predicted octanol–water partition coefficient (Wildman–Crippen LogP) is 4.16. The molecule has 0 fully saturated rings. The fourth-order valence-corrected chi connectivity index (χ4v) is 4.35. The second-order valence-corrected chi connectivity index (χ2v) is 7.41. The Kier molecular flexibility index (Phi) is 7.63. The zero-order chi connectivity index (χ0) is 19.9. The van der Waals surface area contributed by atoms with E-state index in [9.17, 15) is 0 Å². The van der Waals surface area contributed by atoms with E-state index in [1.54, 1.807) is 28.4 Å². The Morgan fingerprint density at radius 3 is 0.857 bits per heavy atom. The van der Waals surface area contributed by atoms with Crippen molar-refractivity contribution in [1.82, 2.24) is 0 Å². The van der Waals surface area contributed by atoms with E-state index in [-0.39, 0.29) is 0 Å². The summed E-state index contributed by atoms with van der Waals surface area (Å²) in [4.78, 5) is 0. The fraction of sp³-hybridized carbons (Fsp3) is 0.500. The van der Waals surface area contributed by atoms with Gasteiger partial charge in [-0.05, 0) is 70.2 Å². The Morgan fingerprint density at radius 2 is 0.679 bits per heavy atom. The molecule has 2 aromatic rings. The van der Waals surface area contributed by atoms with Gasteiger partial charge in [0.05, 0.1) is 26.4 Å². The molecule has 4 heteroatoms. The van der Waals surface area contributed by atoms with Crippen molar-refractivity contribution in [3.63, 3.8) is 0 Å². The van der Waals surface area contributed by atoms with Crippen molar-refractivity contribution in [2.75, 3.05) is 28.4 Å². The van der Waals surface area contributed by atoms with Crippen molar-refractivity contribution in [2.24, 2.45) is 0 Å². The molecule has 0 aromatic heterocycles. The summed E-state index contributed by atoms with van der Waals surface area (Å²) < 4.78 is 22.2. The number of ether oxygens (including phenoxy) is 4. The Balaban J connectivity index is 2.10. The van der Waals surface area contributed by atoms with Crippen molar-refractivity contribution >= 4 is 0 Å². The summed E-state index contributed by atoms with van der Waals surface area (Å²) >= 11 is 0. The van der Waals surface area contributed by atoms with E-state index in [1.165, 1.54) is 44.5 Å². The average molecular weight is 385 g/mol. The van der Waals surface area contributed by atoms with Crippen LogP contribution in [-0.4, -0.2) is 28.4 Å². The van der Waals surface area contributed by atoms with Crippen molar-refractivity contribution in [1.29, 1.82) is 0 Å². The topological polar surface area (TPSA) is 36.9 Å². The zero-order valence-electron chi connectivity index (χ0n) is 17.6. The Labute approximate surface area is 168 Å². The number of benzene rings is 2. The first-order chi connectivity index (χ1) is 13.7. The molecule has 0 aliphatic heterocycles. The molecule has 0 spiro atoms. The third-order valence-corrected chi connectivity index (χ3v) is 5.73. The van der Waals surface area contributed by atoms with E-state index in [2.05, 4.69) is 24.3 Å². The first kappa shape index (κ1) is 21.0. The molecule has 0 saturated carbocycles. The van der Waals surface area contributed by atoms with Gasteiger partial charge >= 0.3 is 0 Å². The lowest BCUT2D eigenvalue weighted by molar-refractivity contribution is 0.166. The Bertz CT molecular complexity index is 664. The molecular weight excluding hydrogens is 352 g/mol. The number of hydrogen-bond acceptors (Lipinski definition) is 4. The third kappa shape index (κ3) is 4.47. The van der Waals surface area contributed by atoms with Crippen LogP contribution < -0.4 is 0 Å². The van der Waals surface area contributed by atoms with Crippen molar-refractivity contribution in [3.8, 4) is 0 Å². The molecule has 4 bridgehead atoms. The van der Waals surface area contributed by atoms with Crippen LogP contribution in [0.5, 0.6) is 0 Å². The van der Waals surface area contributed by atoms with Crippen LogP contribution in [-0.2, 0) is 71.1 Å². The van der Waals surface area contributed by atoms with E-state index in [0.717, 1.165) is 25.7 Å². The smallest absolute Gasteiger partial charge is 0.0719 e. The van der Waals surface area contributed by atoms with E-state index in [0.29, 0.717) is 26.4 Å². The maximum atomic E-state index is 5.55. The van der Waals surface area contributed by atoms with Crippen LogP contribution in [0.1, 0.15) is 44.5 Å². The summed E-state index contributed by atoms with van der Waals surface area (Å²) in [5, 5.41) is 0. The summed E-state index contributed by atoms with van der Waals surface area (Å²) in [6, 6.07) is 9.12. The van der Waals surface area contributed by atoms with Crippen LogP contribution in [0.4, 0.5) is 0 Å². The van der Waals surface area contributed by atoms with E-state index in [1.807, 2.05) is 0 Å². The maximum Gasteiger partial charge on any atom is 0.0719 e. The van der Waals surface area contributed by atoms with Gasteiger partial charge in [-0.25, -0.2) is 0 Å². The van der Waals surface area contributed by atoms with Gasteiger partial charge in [0.15, 0.2) is 0 Å². The highest BCUT2D eigenvalue weighted by molar-refractivity contribution is 5.46. The minimum absolute atomic E-state index is 0.624. The molecule has 0 heterocycles. The van der Waals surface area contributed by atoms with Gasteiger partial charge in [0.2, 0.25) is 0 Å². The van der Waals surface area contributed by atoms with Gasteiger partial charge in [0.25, 0.3) is 0 Å². The third-order valence-electron chi connectivity index (χ3n) is 5.73. The molecule has 0 saturated heterocycles. The normalized spacial score (nSPS) is 13.6. The first-order valence-electron chi connectivity index (χ1n) is 9.94. The lowest BCUT2D eigenvalue weighted by Gasteiger charge is -2.23. The van der Waals surface area contributed by atoms with Gasteiger partial charge in [-0.1, -0.05) is 24.3 Å². The molecule has 2 aromatic carbocycles. The predicted molar refractivity (Wildman–Crippen MR) is 111 cm³/mol. The molecule has 4 aliphatic carbocycles. The summed E-state index contributed by atoms with van der Waals surface area (Å²) in [5.74, 6) is 0. The molecule has 4 aliphatic rings. The number of methoxy groups -OCH3 is 4. The maximum absolute atomic E-state index is 5.55. The second-order valence-electron chi connectivity index (χ2n) is 7.41. The molecule has 0 N–H and O–H groups in total. The monoisotopic (exact) mass is 384 g/mol. The van der Waals surface area contributed by atoms with Gasteiger partial charge in [-0.2, -0.15) is 0 Å². The molecule has 28 heavy (non-hydrogen) atoms. The summed E-state index contributed by atoms with van der Waals surface area (Å²) in [6.07, 6.45) is 3.88. The van der Waals surface area contributed by atoms with E-state index >= 15 is 0 Å². The van der Waals surface area contributed by atoms with Crippen LogP contribution in [0, 0.1) is 0 Å². The van der Waals surface area contributed by atoms with E-state index < -0.39 is 0 Å². The van der Waals surface area contributed by atoms with Crippen molar-refractivity contribution < 1.29 is 18.9 Å². The fourth-order valence-electron chi connectivity index (χ4n) is 4.35.